The van der Waals surface area contributed by atoms with Crippen molar-refractivity contribution in [2.45, 2.75) is 0 Å². The van der Waals surface area contributed by atoms with Crippen LogP contribution in [0, 0.1) is 0 Å². The summed E-state index contributed by atoms with van der Waals surface area (Å²) in [4.78, 5) is 15.6. The van der Waals surface area contributed by atoms with Gasteiger partial charge in [0.2, 0.25) is 0 Å². The molecule has 2 aromatic rings. The summed E-state index contributed by atoms with van der Waals surface area (Å²) in [5.74, 6) is -0.334. The quantitative estimate of drug-likeness (QED) is 0.719. The lowest BCUT2D eigenvalue weighted by atomic mass is 10.0. The van der Waals surface area contributed by atoms with Crippen LogP contribution in [0.2, 0.25) is 0 Å². The maximum Gasteiger partial charge on any atom is 0.338 e. The maximum absolute atomic E-state index is 11.6. The van der Waals surface area contributed by atoms with Gasteiger partial charge in [-0.15, -0.1) is 0 Å². The van der Waals surface area contributed by atoms with E-state index in [0.717, 1.165) is 11.1 Å². The largest absolute Gasteiger partial charge is 0.465 e. The monoisotopic (exact) mass is 213 g/mol. The van der Waals surface area contributed by atoms with Crippen LogP contribution in [0.3, 0.4) is 0 Å². The van der Waals surface area contributed by atoms with E-state index in [1.807, 2.05) is 30.3 Å². The third-order valence-electron chi connectivity index (χ3n) is 2.30. The Kier molecular flexibility index (Phi) is 2.96. The third-order valence-corrected chi connectivity index (χ3v) is 2.30. The first-order valence-corrected chi connectivity index (χ1v) is 4.90. The zero-order chi connectivity index (χ0) is 11.4. The molecule has 0 saturated carbocycles. The van der Waals surface area contributed by atoms with E-state index in [2.05, 4.69) is 4.98 Å². The molecule has 0 spiro atoms. The van der Waals surface area contributed by atoms with E-state index in [1.165, 1.54) is 7.11 Å². The highest BCUT2D eigenvalue weighted by Gasteiger charge is 2.11. The molecule has 0 saturated heterocycles. The standard InChI is InChI=1S/C13H11NO2/c1-16-13(15)12-7-3-2-6-11(12)10-5-4-8-14-9-10/h2-9H,1H3. The molecule has 3 nitrogen and oxygen atoms in total. The summed E-state index contributed by atoms with van der Waals surface area (Å²) in [7, 11) is 1.38. The molecule has 80 valence electrons. The van der Waals surface area contributed by atoms with Crippen LogP contribution >= 0.6 is 0 Å². The summed E-state index contributed by atoms with van der Waals surface area (Å²) in [6.45, 7) is 0. The van der Waals surface area contributed by atoms with Crippen LogP contribution in [0.25, 0.3) is 11.1 Å². The van der Waals surface area contributed by atoms with Gasteiger partial charge in [0.05, 0.1) is 12.7 Å². The van der Waals surface area contributed by atoms with Gasteiger partial charge in [-0.1, -0.05) is 24.3 Å². The molecule has 0 bridgehead atoms. The Morgan fingerprint density at radius 1 is 1.19 bits per heavy atom. The van der Waals surface area contributed by atoms with Gasteiger partial charge < -0.3 is 4.74 Å². The van der Waals surface area contributed by atoms with E-state index in [0.29, 0.717) is 5.56 Å². The predicted octanol–water partition coefficient (Wildman–Crippen LogP) is 2.54. The Balaban J connectivity index is 2.53. The van der Waals surface area contributed by atoms with Gasteiger partial charge in [-0.2, -0.15) is 0 Å². The smallest absolute Gasteiger partial charge is 0.338 e. The van der Waals surface area contributed by atoms with Crippen molar-refractivity contribution in [3.8, 4) is 11.1 Å². The van der Waals surface area contributed by atoms with Gasteiger partial charge in [0.1, 0.15) is 0 Å². The topological polar surface area (TPSA) is 39.2 Å². The molecule has 0 fully saturated rings. The molecule has 3 heteroatoms. The van der Waals surface area contributed by atoms with Crippen LogP contribution in [0.15, 0.2) is 48.8 Å². The molecular formula is C13H11NO2. The van der Waals surface area contributed by atoms with E-state index >= 15 is 0 Å². The highest BCUT2D eigenvalue weighted by atomic mass is 16.5. The lowest BCUT2D eigenvalue weighted by molar-refractivity contribution is 0.0601. The zero-order valence-corrected chi connectivity index (χ0v) is 8.88. The lowest BCUT2D eigenvalue weighted by Gasteiger charge is -2.06. The minimum Gasteiger partial charge on any atom is -0.465 e. The van der Waals surface area contributed by atoms with E-state index in [1.54, 1.807) is 18.5 Å². The zero-order valence-electron chi connectivity index (χ0n) is 8.88. The molecule has 1 aromatic carbocycles. The summed E-state index contributed by atoms with van der Waals surface area (Å²) in [5, 5.41) is 0. The van der Waals surface area contributed by atoms with Crippen molar-refractivity contribution in [2.75, 3.05) is 7.11 Å². The number of rotatable bonds is 2. The normalized spacial score (nSPS) is 9.81. The number of carbonyl (C=O) groups is 1. The fourth-order valence-corrected chi connectivity index (χ4v) is 1.54. The first-order valence-electron chi connectivity index (χ1n) is 4.90. The first kappa shape index (κ1) is 10.4. The van der Waals surface area contributed by atoms with Crippen molar-refractivity contribution in [1.82, 2.24) is 4.98 Å². The van der Waals surface area contributed by atoms with Crippen molar-refractivity contribution in [3.63, 3.8) is 0 Å². The second-order valence-electron chi connectivity index (χ2n) is 3.28. The van der Waals surface area contributed by atoms with E-state index in [-0.39, 0.29) is 5.97 Å². The average Bonchev–Trinajstić information content (AvgIpc) is 2.39. The Hall–Kier alpha value is -2.16. The summed E-state index contributed by atoms with van der Waals surface area (Å²) in [6.07, 6.45) is 3.42. The number of aromatic nitrogens is 1. The number of benzene rings is 1. The highest BCUT2D eigenvalue weighted by molar-refractivity contribution is 5.97. The molecule has 0 aliphatic carbocycles. The molecule has 0 radical (unpaired) electrons. The van der Waals surface area contributed by atoms with Gasteiger partial charge in [0.15, 0.2) is 0 Å². The van der Waals surface area contributed by atoms with Crippen molar-refractivity contribution < 1.29 is 9.53 Å². The fraction of sp³-hybridized carbons (Fsp3) is 0.0769. The minimum absolute atomic E-state index is 0.334. The summed E-state index contributed by atoms with van der Waals surface area (Å²) in [6, 6.07) is 11.1. The number of pyridine rings is 1. The number of esters is 1. The van der Waals surface area contributed by atoms with Crippen LogP contribution < -0.4 is 0 Å². The summed E-state index contributed by atoms with van der Waals surface area (Å²) >= 11 is 0. The summed E-state index contributed by atoms with van der Waals surface area (Å²) in [5.41, 5.74) is 2.30. The van der Waals surface area contributed by atoms with Crippen molar-refractivity contribution in [3.05, 3.63) is 54.4 Å². The van der Waals surface area contributed by atoms with Crippen LogP contribution in [0.5, 0.6) is 0 Å². The molecule has 1 heterocycles. The van der Waals surface area contributed by atoms with E-state index in [9.17, 15) is 4.79 Å². The minimum atomic E-state index is -0.334. The maximum atomic E-state index is 11.6. The first-order chi connectivity index (χ1) is 7.83. The molecule has 0 aliphatic heterocycles. The molecule has 0 unspecified atom stereocenters. The molecule has 16 heavy (non-hydrogen) atoms. The number of nitrogens with zero attached hydrogens (tertiary/aromatic N) is 1. The lowest BCUT2D eigenvalue weighted by Crippen LogP contribution is -2.03. The Bertz CT molecular complexity index is 494. The second kappa shape index (κ2) is 4.57. The Labute approximate surface area is 93.7 Å². The number of hydrogen-bond donors (Lipinski definition) is 0. The SMILES string of the molecule is COC(=O)c1ccccc1-c1cccnc1. The van der Waals surface area contributed by atoms with Gasteiger partial charge in [-0.3, -0.25) is 4.98 Å². The van der Waals surface area contributed by atoms with E-state index in [4.69, 9.17) is 4.74 Å². The Morgan fingerprint density at radius 2 is 2.00 bits per heavy atom. The van der Waals surface area contributed by atoms with Crippen LogP contribution in [0.4, 0.5) is 0 Å². The average molecular weight is 213 g/mol. The van der Waals surface area contributed by atoms with Crippen molar-refractivity contribution in [1.29, 1.82) is 0 Å². The molecular weight excluding hydrogens is 202 g/mol. The molecule has 0 amide bonds. The highest BCUT2D eigenvalue weighted by Crippen LogP contribution is 2.22. The van der Waals surface area contributed by atoms with Crippen LogP contribution in [-0.2, 0) is 4.74 Å². The number of hydrogen-bond acceptors (Lipinski definition) is 3. The number of carbonyl (C=O) groups excluding carboxylic acids is 1. The number of methoxy groups -OCH3 is 1. The third kappa shape index (κ3) is 1.93. The van der Waals surface area contributed by atoms with Gasteiger partial charge in [0.25, 0.3) is 0 Å². The van der Waals surface area contributed by atoms with Crippen LogP contribution in [0.1, 0.15) is 10.4 Å². The molecule has 0 N–H and O–H groups in total. The molecule has 1 aromatic heterocycles. The van der Waals surface area contributed by atoms with E-state index < -0.39 is 0 Å². The fourth-order valence-electron chi connectivity index (χ4n) is 1.54. The summed E-state index contributed by atoms with van der Waals surface area (Å²) < 4.78 is 4.74. The number of ether oxygens (including phenoxy) is 1. The molecule has 0 aliphatic rings. The molecule has 0 atom stereocenters. The van der Waals surface area contributed by atoms with Gasteiger partial charge in [0, 0.05) is 18.0 Å². The van der Waals surface area contributed by atoms with Crippen molar-refractivity contribution >= 4 is 5.97 Å². The van der Waals surface area contributed by atoms with Crippen LogP contribution in [-0.4, -0.2) is 18.1 Å². The predicted molar refractivity (Wildman–Crippen MR) is 61.0 cm³/mol. The Morgan fingerprint density at radius 3 is 2.69 bits per heavy atom. The molecule has 2 rings (SSSR count). The van der Waals surface area contributed by atoms with Gasteiger partial charge in [-0.05, 0) is 17.7 Å². The van der Waals surface area contributed by atoms with Gasteiger partial charge >= 0.3 is 5.97 Å². The second-order valence-corrected chi connectivity index (χ2v) is 3.28. The van der Waals surface area contributed by atoms with Crippen molar-refractivity contribution in [2.24, 2.45) is 0 Å². The van der Waals surface area contributed by atoms with Gasteiger partial charge in [-0.25, -0.2) is 4.79 Å².